The van der Waals surface area contributed by atoms with Gasteiger partial charge in [0.2, 0.25) is 0 Å². The van der Waals surface area contributed by atoms with Gasteiger partial charge in [-0.05, 0) is 12.1 Å². The predicted molar refractivity (Wildman–Crippen MR) is 59.4 cm³/mol. The molecule has 0 aliphatic heterocycles. The minimum absolute atomic E-state index is 0.139. The van der Waals surface area contributed by atoms with Crippen molar-refractivity contribution in [1.29, 1.82) is 0 Å². The summed E-state index contributed by atoms with van der Waals surface area (Å²) in [4.78, 5) is 7.69. The topological polar surface area (TPSA) is 84.7 Å². The number of hydrogen-bond donors (Lipinski definition) is 2. The van der Waals surface area contributed by atoms with E-state index in [4.69, 9.17) is 14.8 Å². The zero-order valence-corrected chi connectivity index (χ0v) is 8.72. The van der Waals surface area contributed by atoms with Crippen molar-refractivity contribution in [3.63, 3.8) is 0 Å². The van der Waals surface area contributed by atoms with Crippen LogP contribution in [0.4, 0.5) is 0 Å². The highest BCUT2D eigenvalue weighted by molar-refractivity contribution is 6.33. The van der Waals surface area contributed by atoms with Crippen molar-refractivity contribution in [1.82, 2.24) is 9.97 Å². The van der Waals surface area contributed by atoms with Crippen LogP contribution in [0.3, 0.4) is 0 Å². The number of aromatic nitrogens is 2. The Hall–Kier alpha value is -2.12. The van der Waals surface area contributed by atoms with Crippen LogP contribution >= 0.6 is 0 Å². The minimum Gasteiger partial charge on any atom is -0.509 e. The van der Waals surface area contributed by atoms with E-state index >= 15 is 0 Å². The van der Waals surface area contributed by atoms with E-state index < -0.39 is 7.32 Å². The summed E-state index contributed by atoms with van der Waals surface area (Å²) in [7, 11) is -1.89. The number of nitrogens with zero attached hydrogens (tertiary/aromatic N) is 2. The normalized spacial score (nSPS) is 9.76. The molecular weight excluding hydrogens is 223 g/mol. The van der Waals surface area contributed by atoms with Crippen molar-refractivity contribution in [2.45, 2.75) is 0 Å². The van der Waals surface area contributed by atoms with Gasteiger partial charge in [0.1, 0.15) is 11.5 Å². The lowest BCUT2D eigenvalue weighted by molar-refractivity contribution is 0.286. The number of ether oxygens (including phenoxy) is 1. The number of benzene rings is 1. The van der Waals surface area contributed by atoms with Crippen LogP contribution in [0.5, 0.6) is 17.5 Å². The van der Waals surface area contributed by atoms with E-state index in [2.05, 4.69) is 14.6 Å². The minimum atomic E-state index is -1.89. The predicted octanol–water partition coefficient (Wildman–Crippen LogP) is 0.617. The summed E-state index contributed by atoms with van der Waals surface area (Å²) < 4.78 is 9.89. The van der Waals surface area contributed by atoms with Gasteiger partial charge in [-0.15, -0.1) is 0 Å². The monoisotopic (exact) mass is 232 g/mol. The quantitative estimate of drug-likeness (QED) is 0.751. The van der Waals surface area contributed by atoms with Gasteiger partial charge in [0, 0.05) is 0 Å². The van der Waals surface area contributed by atoms with Crippen LogP contribution in [0.15, 0.2) is 42.7 Å². The Balaban J connectivity index is 2.03. The molecule has 0 spiro atoms. The van der Waals surface area contributed by atoms with Gasteiger partial charge in [0.15, 0.2) is 0 Å². The number of rotatable bonds is 4. The lowest BCUT2D eigenvalue weighted by Gasteiger charge is -2.05. The Morgan fingerprint density at radius 1 is 0.941 bits per heavy atom. The SMILES string of the molecule is OB(O)Oc1cnc(Oc2ccccc2)nc1. The molecule has 1 aromatic carbocycles. The third-order valence-electron chi connectivity index (χ3n) is 1.80. The lowest BCUT2D eigenvalue weighted by Crippen LogP contribution is -2.20. The largest absolute Gasteiger partial charge is 0.707 e. The van der Waals surface area contributed by atoms with E-state index in [1.165, 1.54) is 12.4 Å². The third-order valence-corrected chi connectivity index (χ3v) is 1.80. The average Bonchev–Trinajstić information content (AvgIpc) is 2.32. The second kappa shape index (κ2) is 5.28. The summed E-state index contributed by atoms with van der Waals surface area (Å²) in [5.74, 6) is 0.753. The number of para-hydroxylation sites is 1. The molecule has 0 amide bonds. The highest BCUT2D eigenvalue weighted by atomic mass is 16.6. The Morgan fingerprint density at radius 3 is 2.18 bits per heavy atom. The van der Waals surface area contributed by atoms with E-state index in [0.717, 1.165) is 0 Å². The second-order valence-corrected chi connectivity index (χ2v) is 3.06. The molecule has 2 aromatic rings. The fourth-order valence-corrected chi connectivity index (χ4v) is 1.13. The molecule has 1 heterocycles. The van der Waals surface area contributed by atoms with Crippen molar-refractivity contribution < 1.29 is 19.4 Å². The summed E-state index contributed by atoms with van der Waals surface area (Å²) >= 11 is 0. The van der Waals surface area contributed by atoms with Gasteiger partial charge in [0.05, 0.1) is 12.4 Å². The molecule has 0 saturated carbocycles. The van der Waals surface area contributed by atoms with E-state index in [1.54, 1.807) is 12.1 Å². The Morgan fingerprint density at radius 2 is 1.59 bits per heavy atom. The molecule has 0 fully saturated rings. The summed E-state index contributed by atoms with van der Waals surface area (Å²) in [6.45, 7) is 0. The molecule has 1 aromatic heterocycles. The van der Waals surface area contributed by atoms with Gasteiger partial charge < -0.3 is 19.4 Å². The first-order valence-electron chi connectivity index (χ1n) is 4.82. The van der Waals surface area contributed by atoms with Gasteiger partial charge >= 0.3 is 13.3 Å². The van der Waals surface area contributed by atoms with Crippen molar-refractivity contribution in [2.75, 3.05) is 0 Å². The zero-order valence-electron chi connectivity index (χ0n) is 8.72. The third kappa shape index (κ3) is 3.44. The molecule has 6 nitrogen and oxygen atoms in total. The molecule has 0 unspecified atom stereocenters. The summed E-state index contributed by atoms with van der Waals surface area (Å²) in [6.07, 6.45) is 2.56. The summed E-state index contributed by atoms with van der Waals surface area (Å²) in [5.41, 5.74) is 0. The van der Waals surface area contributed by atoms with Crippen molar-refractivity contribution in [2.24, 2.45) is 0 Å². The molecule has 0 atom stereocenters. The first kappa shape index (κ1) is 11.4. The fourth-order valence-electron chi connectivity index (χ4n) is 1.13. The van der Waals surface area contributed by atoms with E-state index in [0.29, 0.717) is 5.75 Å². The molecule has 0 aliphatic carbocycles. The molecule has 0 bridgehead atoms. The fraction of sp³-hybridized carbons (Fsp3) is 0. The Kier molecular flexibility index (Phi) is 3.54. The van der Waals surface area contributed by atoms with Crippen LogP contribution in [-0.4, -0.2) is 27.3 Å². The maximum absolute atomic E-state index is 8.56. The van der Waals surface area contributed by atoms with Crippen molar-refractivity contribution >= 4 is 7.32 Å². The summed E-state index contributed by atoms with van der Waals surface area (Å²) in [5, 5.41) is 17.1. The molecule has 2 N–H and O–H groups in total. The molecule has 0 radical (unpaired) electrons. The van der Waals surface area contributed by atoms with E-state index in [-0.39, 0.29) is 11.8 Å². The molecule has 0 aliphatic rings. The maximum atomic E-state index is 8.56. The first-order chi connectivity index (χ1) is 8.24. The van der Waals surface area contributed by atoms with Gasteiger partial charge in [-0.25, -0.2) is 0 Å². The van der Waals surface area contributed by atoms with E-state index in [1.807, 2.05) is 18.2 Å². The van der Waals surface area contributed by atoms with Crippen molar-refractivity contribution in [3.8, 4) is 17.5 Å². The second-order valence-electron chi connectivity index (χ2n) is 3.06. The molecule has 86 valence electrons. The molecule has 7 heteroatoms. The van der Waals surface area contributed by atoms with Gasteiger partial charge in [-0.3, -0.25) is 0 Å². The zero-order chi connectivity index (χ0) is 12.1. The molecule has 17 heavy (non-hydrogen) atoms. The number of hydrogen-bond acceptors (Lipinski definition) is 6. The van der Waals surface area contributed by atoms with Crippen LogP contribution in [0, 0.1) is 0 Å². The van der Waals surface area contributed by atoms with Crippen LogP contribution in [-0.2, 0) is 0 Å². The van der Waals surface area contributed by atoms with Crippen LogP contribution in [0.25, 0.3) is 0 Å². The summed E-state index contributed by atoms with van der Waals surface area (Å²) in [6, 6.07) is 9.21. The first-order valence-corrected chi connectivity index (χ1v) is 4.82. The van der Waals surface area contributed by atoms with Gasteiger partial charge in [-0.1, -0.05) is 18.2 Å². The average molecular weight is 232 g/mol. The van der Waals surface area contributed by atoms with Crippen molar-refractivity contribution in [3.05, 3.63) is 42.7 Å². The molecule has 0 saturated heterocycles. The highest BCUT2D eigenvalue weighted by Crippen LogP contribution is 2.17. The van der Waals surface area contributed by atoms with Gasteiger partial charge in [-0.2, -0.15) is 9.97 Å². The van der Waals surface area contributed by atoms with Crippen LogP contribution in [0.2, 0.25) is 0 Å². The molecule has 2 rings (SSSR count). The van der Waals surface area contributed by atoms with Crippen LogP contribution in [0.1, 0.15) is 0 Å². The van der Waals surface area contributed by atoms with Crippen LogP contribution < -0.4 is 9.39 Å². The van der Waals surface area contributed by atoms with Gasteiger partial charge in [0.25, 0.3) is 0 Å². The Labute approximate surface area is 97.7 Å². The maximum Gasteiger partial charge on any atom is 0.707 e. The highest BCUT2D eigenvalue weighted by Gasteiger charge is 2.11. The Bertz CT molecular complexity index is 463. The van der Waals surface area contributed by atoms with E-state index in [9.17, 15) is 0 Å². The smallest absolute Gasteiger partial charge is 0.509 e. The molecular formula is C10H9BN2O4. The lowest BCUT2D eigenvalue weighted by atomic mass is 10.2. The standard InChI is InChI=1S/C10H9BN2O4/c14-11(15)17-9-6-12-10(13-7-9)16-8-4-2-1-3-5-8/h1-7,14-15H.